The summed E-state index contributed by atoms with van der Waals surface area (Å²) in [4.78, 5) is 44.7. The van der Waals surface area contributed by atoms with E-state index in [0.29, 0.717) is 16.9 Å². The van der Waals surface area contributed by atoms with Crippen molar-refractivity contribution in [3.05, 3.63) is 82.3 Å². The predicted molar refractivity (Wildman–Crippen MR) is 130 cm³/mol. The second kappa shape index (κ2) is 10.9. The van der Waals surface area contributed by atoms with E-state index in [4.69, 9.17) is 10.5 Å². The van der Waals surface area contributed by atoms with E-state index in [2.05, 4.69) is 10.3 Å². The van der Waals surface area contributed by atoms with E-state index >= 15 is 0 Å². The summed E-state index contributed by atoms with van der Waals surface area (Å²) in [5.74, 6) is -0.754. The number of benzene rings is 1. The van der Waals surface area contributed by atoms with Crippen LogP contribution in [0.15, 0.2) is 66.3 Å². The van der Waals surface area contributed by atoms with E-state index in [1.807, 2.05) is 38.3 Å². The van der Waals surface area contributed by atoms with Gasteiger partial charge < -0.3 is 20.7 Å². The van der Waals surface area contributed by atoms with Gasteiger partial charge in [0, 0.05) is 28.4 Å². The molecule has 0 saturated carbocycles. The van der Waals surface area contributed by atoms with E-state index in [-0.39, 0.29) is 25.0 Å². The highest BCUT2D eigenvalue weighted by Crippen LogP contribution is 2.29. The van der Waals surface area contributed by atoms with E-state index in [0.717, 1.165) is 4.88 Å². The fraction of sp³-hybridized carbons (Fsp3) is 0.280. The third-order valence-corrected chi connectivity index (χ3v) is 5.59. The van der Waals surface area contributed by atoms with Gasteiger partial charge in [0.15, 0.2) is 6.61 Å². The molecular formula is C25H28N4O4S. The van der Waals surface area contributed by atoms with Crippen LogP contribution in [0.5, 0.6) is 5.75 Å². The molecule has 2 heterocycles. The van der Waals surface area contributed by atoms with Gasteiger partial charge in [0.25, 0.3) is 11.8 Å². The maximum absolute atomic E-state index is 13.6. The molecule has 0 fully saturated rings. The molecule has 1 aromatic carbocycles. The highest BCUT2D eigenvalue weighted by molar-refractivity contribution is 7.09. The Balaban J connectivity index is 2.03. The lowest BCUT2D eigenvalue weighted by Gasteiger charge is -2.33. The number of nitrogens with one attached hydrogen (secondary N) is 1. The van der Waals surface area contributed by atoms with Gasteiger partial charge in [-0.05, 0) is 62.0 Å². The van der Waals surface area contributed by atoms with Gasteiger partial charge in [-0.1, -0.05) is 18.2 Å². The van der Waals surface area contributed by atoms with E-state index in [9.17, 15) is 14.4 Å². The third-order valence-electron chi connectivity index (χ3n) is 4.73. The van der Waals surface area contributed by atoms with Crippen LogP contribution in [-0.2, 0) is 16.1 Å². The molecule has 0 aliphatic heterocycles. The van der Waals surface area contributed by atoms with Crippen molar-refractivity contribution >= 4 is 29.1 Å². The van der Waals surface area contributed by atoms with Crippen LogP contribution in [0.2, 0.25) is 0 Å². The Kier molecular flexibility index (Phi) is 8.01. The molecule has 0 spiro atoms. The van der Waals surface area contributed by atoms with Crippen molar-refractivity contribution in [3.63, 3.8) is 0 Å². The first-order chi connectivity index (χ1) is 16.1. The van der Waals surface area contributed by atoms with Crippen LogP contribution in [0.1, 0.15) is 47.6 Å². The fourth-order valence-corrected chi connectivity index (χ4v) is 4.03. The largest absolute Gasteiger partial charge is 0.484 e. The summed E-state index contributed by atoms with van der Waals surface area (Å²) < 4.78 is 5.34. The Hall–Kier alpha value is -3.72. The average Bonchev–Trinajstić information content (AvgIpc) is 3.30. The maximum atomic E-state index is 13.6. The topological polar surface area (TPSA) is 115 Å². The molecule has 8 nitrogen and oxygen atoms in total. The van der Waals surface area contributed by atoms with Crippen molar-refractivity contribution < 1.29 is 19.1 Å². The number of nitrogens with zero attached hydrogens (tertiary/aromatic N) is 2. The van der Waals surface area contributed by atoms with Crippen molar-refractivity contribution in [2.24, 2.45) is 5.73 Å². The Morgan fingerprint density at radius 2 is 1.76 bits per heavy atom. The molecule has 178 valence electrons. The quantitative estimate of drug-likeness (QED) is 0.488. The first-order valence-electron chi connectivity index (χ1n) is 10.7. The number of rotatable bonds is 9. The van der Waals surface area contributed by atoms with Crippen molar-refractivity contribution in [2.75, 3.05) is 6.61 Å². The third kappa shape index (κ3) is 6.89. The number of carbonyl (C=O) groups excluding carboxylic acids is 3. The lowest BCUT2D eigenvalue weighted by molar-refractivity contribution is -0.127. The number of thiophene rings is 1. The Morgan fingerprint density at radius 1 is 1.09 bits per heavy atom. The van der Waals surface area contributed by atoms with Gasteiger partial charge in [-0.25, -0.2) is 0 Å². The zero-order valence-corrected chi connectivity index (χ0v) is 20.2. The van der Waals surface area contributed by atoms with E-state index in [1.165, 1.54) is 11.3 Å². The number of carbonyl (C=O) groups is 3. The summed E-state index contributed by atoms with van der Waals surface area (Å²) in [5, 5.41) is 4.93. The van der Waals surface area contributed by atoms with Crippen LogP contribution in [0.3, 0.4) is 0 Å². The summed E-state index contributed by atoms with van der Waals surface area (Å²) in [6, 6.07) is 12.9. The molecule has 9 heteroatoms. The minimum absolute atomic E-state index is 0.251. The Morgan fingerprint density at radius 3 is 2.32 bits per heavy atom. The molecule has 0 bridgehead atoms. The van der Waals surface area contributed by atoms with Gasteiger partial charge in [-0.2, -0.15) is 0 Å². The van der Waals surface area contributed by atoms with Crippen LogP contribution < -0.4 is 15.8 Å². The fourth-order valence-electron chi connectivity index (χ4n) is 3.32. The number of nitrogens with two attached hydrogens (primary N) is 1. The second-order valence-corrected chi connectivity index (χ2v) is 9.75. The molecule has 2 aromatic heterocycles. The van der Waals surface area contributed by atoms with E-state index in [1.54, 1.807) is 53.7 Å². The monoisotopic (exact) mass is 480 g/mol. The van der Waals surface area contributed by atoms with Crippen LogP contribution >= 0.6 is 11.3 Å². The van der Waals surface area contributed by atoms with Gasteiger partial charge in [0.05, 0.1) is 6.54 Å². The molecule has 3 amide bonds. The number of ether oxygens (including phenoxy) is 1. The molecule has 0 aliphatic rings. The zero-order valence-electron chi connectivity index (χ0n) is 19.4. The van der Waals surface area contributed by atoms with Crippen molar-refractivity contribution in [1.82, 2.24) is 15.2 Å². The molecule has 0 saturated heterocycles. The summed E-state index contributed by atoms with van der Waals surface area (Å²) in [5.41, 5.74) is 5.68. The van der Waals surface area contributed by atoms with E-state index < -0.39 is 17.5 Å². The SMILES string of the molecule is CC(C)(C)NC(=O)[C@H](c1ccc(OCC(N)=O)cc1)N(Cc1cccs1)C(=O)c1ccncc1. The van der Waals surface area contributed by atoms with Crippen molar-refractivity contribution in [2.45, 2.75) is 38.9 Å². The number of hydrogen-bond acceptors (Lipinski definition) is 6. The minimum Gasteiger partial charge on any atom is -0.484 e. The number of amides is 3. The molecule has 0 radical (unpaired) electrons. The Labute approximate surface area is 202 Å². The van der Waals surface area contributed by atoms with Crippen molar-refractivity contribution in [1.29, 1.82) is 0 Å². The van der Waals surface area contributed by atoms with Crippen molar-refractivity contribution in [3.8, 4) is 5.75 Å². The van der Waals surface area contributed by atoms with Gasteiger partial charge >= 0.3 is 0 Å². The standard InChI is InChI=1S/C25H28N4O4S/c1-25(2,3)28-23(31)22(17-6-8-19(9-7-17)33-16-21(26)30)29(15-20-5-4-14-34-20)24(32)18-10-12-27-13-11-18/h4-14,22H,15-16H2,1-3H3,(H2,26,30)(H,28,31)/t22-/m0/s1. The average molecular weight is 481 g/mol. The summed E-state index contributed by atoms with van der Waals surface area (Å²) in [6.45, 7) is 5.66. The molecule has 0 aliphatic carbocycles. The molecular weight excluding hydrogens is 452 g/mol. The van der Waals surface area contributed by atoms with Gasteiger partial charge in [0.1, 0.15) is 11.8 Å². The molecule has 3 aromatic rings. The van der Waals surface area contributed by atoms with Crippen LogP contribution in [0.4, 0.5) is 0 Å². The van der Waals surface area contributed by atoms with Crippen LogP contribution in [-0.4, -0.2) is 39.8 Å². The van der Waals surface area contributed by atoms with Gasteiger partial charge in [-0.15, -0.1) is 11.3 Å². The normalized spacial score (nSPS) is 12.0. The highest BCUT2D eigenvalue weighted by atomic mass is 32.1. The first-order valence-corrected chi connectivity index (χ1v) is 11.6. The van der Waals surface area contributed by atoms with Gasteiger partial charge in [-0.3, -0.25) is 19.4 Å². The number of hydrogen-bond donors (Lipinski definition) is 2. The number of aromatic nitrogens is 1. The predicted octanol–water partition coefficient (Wildman–Crippen LogP) is 3.31. The molecule has 3 rings (SSSR count). The lowest BCUT2D eigenvalue weighted by atomic mass is 10.0. The second-order valence-electron chi connectivity index (χ2n) is 8.71. The summed E-state index contributed by atoms with van der Waals surface area (Å²) >= 11 is 1.51. The molecule has 0 unspecified atom stereocenters. The van der Waals surface area contributed by atoms with Crippen LogP contribution in [0.25, 0.3) is 0 Å². The molecule has 34 heavy (non-hydrogen) atoms. The first kappa shape index (κ1) is 24.9. The highest BCUT2D eigenvalue weighted by Gasteiger charge is 2.34. The zero-order chi connectivity index (χ0) is 24.7. The number of primary amides is 1. The molecule has 1 atom stereocenters. The molecule has 3 N–H and O–H groups in total. The maximum Gasteiger partial charge on any atom is 0.255 e. The Bertz CT molecular complexity index is 1110. The van der Waals surface area contributed by atoms with Crippen LogP contribution in [0, 0.1) is 0 Å². The smallest absolute Gasteiger partial charge is 0.255 e. The number of pyridine rings is 1. The van der Waals surface area contributed by atoms with Gasteiger partial charge in [0.2, 0.25) is 5.91 Å². The summed E-state index contributed by atoms with van der Waals surface area (Å²) in [7, 11) is 0. The minimum atomic E-state index is -0.910. The summed E-state index contributed by atoms with van der Waals surface area (Å²) in [6.07, 6.45) is 3.09. The lowest BCUT2D eigenvalue weighted by Crippen LogP contribution is -2.49.